The zero-order valence-corrected chi connectivity index (χ0v) is 15.7. The molecule has 27 heavy (non-hydrogen) atoms. The van der Waals surface area contributed by atoms with E-state index >= 15 is 0 Å². The van der Waals surface area contributed by atoms with E-state index in [1.54, 1.807) is 31.2 Å². The number of aryl methyl sites for hydroxylation is 1. The highest BCUT2D eigenvalue weighted by molar-refractivity contribution is 6.30. The molecule has 0 bridgehead atoms. The molecule has 5 nitrogen and oxygen atoms in total. The molecule has 1 aliphatic rings. The van der Waals surface area contributed by atoms with Gasteiger partial charge in [-0.25, -0.2) is 0 Å². The van der Waals surface area contributed by atoms with Gasteiger partial charge in [-0.1, -0.05) is 41.9 Å². The number of benzene rings is 2. The van der Waals surface area contributed by atoms with E-state index in [0.717, 1.165) is 11.1 Å². The third-order valence-electron chi connectivity index (χ3n) is 4.45. The molecule has 0 saturated heterocycles. The first-order chi connectivity index (χ1) is 12.9. The molecule has 0 saturated carbocycles. The number of nitrogens with zero attached hydrogens (tertiary/aromatic N) is 1. The van der Waals surface area contributed by atoms with Crippen molar-refractivity contribution in [2.75, 3.05) is 5.32 Å². The number of hydrogen-bond donors (Lipinski definition) is 2. The van der Waals surface area contributed by atoms with Crippen molar-refractivity contribution in [1.29, 1.82) is 5.26 Å². The fourth-order valence-corrected chi connectivity index (χ4v) is 3.19. The van der Waals surface area contributed by atoms with E-state index in [1.165, 1.54) is 0 Å². The third-order valence-corrected chi connectivity index (χ3v) is 4.70. The number of nitrogens with two attached hydrogens (primary N) is 1. The quantitative estimate of drug-likeness (QED) is 0.828. The van der Waals surface area contributed by atoms with E-state index in [-0.39, 0.29) is 17.4 Å². The van der Waals surface area contributed by atoms with Crippen molar-refractivity contribution in [1.82, 2.24) is 0 Å². The zero-order valence-electron chi connectivity index (χ0n) is 14.9. The van der Waals surface area contributed by atoms with E-state index in [4.69, 9.17) is 22.1 Å². The van der Waals surface area contributed by atoms with Crippen LogP contribution in [0.1, 0.15) is 24.0 Å². The van der Waals surface area contributed by atoms with Gasteiger partial charge in [0, 0.05) is 10.7 Å². The number of carbonyl (C=O) groups excluding carboxylic acids is 1. The Bertz CT molecular complexity index is 1000. The van der Waals surface area contributed by atoms with Gasteiger partial charge in [0.25, 0.3) is 5.91 Å². The predicted molar refractivity (Wildman–Crippen MR) is 105 cm³/mol. The number of allylic oxidation sites excluding steroid dienone is 2. The summed E-state index contributed by atoms with van der Waals surface area (Å²) in [5.74, 6) is -0.619. The number of hydrogen-bond acceptors (Lipinski definition) is 4. The second-order valence-corrected chi connectivity index (χ2v) is 6.65. The van der Waals surface area contributed by atoms with Crippen molar-refractivity contribution in [2.24, 2.45) is 5.73 Å². The summed E-state index contributed by atoms with van der Waals surface area (Å²) in [6.07, 6.45) is 0. The maximum atomic E-state index is 13.1. The van der Waals surface area contributed by atoms with Gasteiger partial charge in [0.1, 0.15) is 17.4 Å². The lowest BCUT2D eigenvalue weighted by atomic mass is 9.82. The van der Waals surface area contributed by atoms with Gasteiger partial charge in [-0.3, -0.25) is 4.79 Å². The first-order valence-corrected chi connectivity index (χ1v) is 8.71. The average molecular weight is 380 g/mol. The Hall–Kier alpha value is -3.23. The Morgan fingerprint density at radius 3 is 2.48 bits per heavy atom. The van der Waals surface area contributed by atoms with Gasteiger partial charge in [0.2, 0.25) is 5.88 Å². The van der Waals surface area contributed by atoms with Gasteiger partial charge in [-0.2, -0.15) is 5.26 Å². The Balaban J connectivity index is 2.06. The molecular formula is C21H18ClN3O2. The van der Waals surface area contributed by atoms with Crippen LogP contribution in [-0.4, -0.2) is 5.91 Å². The molecule has 0 spiro atoms. The number of ether oxygens (including phenoxy) is 1. The monoisotopic (exact) mass is 379 g/mol. The van der Waals surface area contributed by atoms with E-state index in [2.05, 4.69) is 11.4 Å². The number of halogens is 1. The fraction of sp³-hybridized carbons (Fsp3) is 0.143. The normalized spacial score (nSPS) is 16.6. The van der Waals surface area contributed by atoms with Crippen molar-refractivity contribution >= 4 is 23.2 Å². The van der Waals surface area contributed by atoms with Crippen LogP contribution in [0.15, 0.2) is 71.3 Å². The second-order valence-electron chi connectivity index (χ2n) is 6.22. The average Bonchev–Trinajstić information content (AvgIpc) is 2.63. The molecule has 2 aromatic rings. The maximum Gasteiger partial charge on any atom is 0.256 e. The highest BCUT2D eigenvalue weighted by Crippen LogP contribution is 2.39. The molecule has 6 heteroatoms. The molecule has 3 N–H and O–H groups in total. The molecule has 0 fully saturated rings. The number of nitrogens with one attached hydrogen (secondary N) is 1. The van der Waals surface area contributed by atoms with Crippen LogP contribution >= 0.6 is 11.6 Å². The molecule has 0 radical (unpaired) electrons. The minimum absolute atomic E-state index is 0.00221. The Morgan fingerprint density at radius 1 is 1.19 bits per heavy atom. The van der Waals surface area contributed by atoms with Crippen molar-refractivity contribution in [3.8, 4) is 6.07 Å². The summed E-state index contributed by atoms with van der Waals surface area (Å²) in [5.41, 5.74) is 8.81. The molecule has 2 aromatic carbocycles. The van der Waals surface area contributed by atoms with Crippen LogP contribution < -0.4 is 11.1 Å². The fourth-order valence-electron chi connectivity index (χ4n) is 3.07. The third kappa shape index (κ3) is 3.67. The number of para-hydroxylation sites is 1. The molecule has 3 rings (SSSR count). The summed E-state index contributed by atoms with van der Waals surface area (Å²) >= 11 is 5.98. The number of anilines is 1. The van der Waals surface area contributed by atoms with Crippen molar-refractivity contribution in [3.63, 3.8) is 0 Å². The van der Waals surface area contributed by atoms with Crippen LogP contribution in [0.3, 0.4) is 0 Å². The highest BCUT2D eigenvalue weighted by Gasteiger charge is 2.35. The number of nitriles is 1. The molecule has 1 unspecified atom stereocenters. The van der Waals surface area contributed by atoms with Gasteiger partial charge in [0.15, 0.2) is 0 Å². The van der Waals surface area contributed by atoms with Crippen LogP contribution in [0.5, 0.6) is 0 Å². The first-order valence-electron chi connectivity index (χ1n) is 8.33. The molecule has 0 aliphatic carbocycles. The van der Waals surface area contributed by atoms with Crippen LogP contribution in [-0.2, 0) is 9.53 Å². The molecule has 136 valence electrons. The number of carbonyl (C=O) groups is 1. The molecule has 1 heterocycles. The van der Waals surface area contributed by atoms with Gasteiger partial charge in [-0.05, 0) is 43.2 Å². The van der Waals surface area contributed by atoms with Crippen molar-refractivity contribution in [3.05, 3.63) is 87.5 Å². The van der Waals surface area contributed by atoms with Crippen LogP contribution in [0.4, 0.5) is 5.69 Å². The van der Waals surface area contributed by atoms with Gasteiger partial charge < -0.3 is 15.8 Å². The smallest absolute Gasteiger partial charge is 0.256 e. The topological polar surface area (TPSA) is 88.1 Å². The lowest BCUT2D eigenvalue weighted by Crippen LogP contribution is -2.28. The number of amides is 1. The summed E-state index contributed by atoms with van der Waals surface area (Å²) < 4.78 is 5.49. The minimum atomic E-state index is -0.634. The minimum Gasteiger partial charge on any atom is -0.445 e. The van der Waals surface area contributed by atoms with Crippen LogP contribution in [0.2, 0.25) is 5.02 Å². The second kappa shape index (κ2) is 7.56. The Morgan fingerprint density at radius 2 is 1.85 bits per heavy atom. The summed E-state index contributed by atoms with van der Waals surface area (Å²) in [7, 11) is 0. The Labute approximate surface area is 162 Å². The lowest BCUT2D eigenvalue weighted by molar-refractivity contribution is -0.113. The van der Waals surface area contributed by atoms with E-state index in [9.17, 15) is 10.1 Å². The lowest BCUT2D eigenvalue weighted by Gasteiger charge is -2.27. The molecule has 1 aliphatic heterocycles. The molecule has 1 amide bonds. The Kier molecular flexibility index (Phi) is 5.20. The first kappa shape index (κ1) is 18.6. The van der Waals surface area contributed by atoms with Gasteiger partial charge in [-0.15, -0.1) is 0 Å². The predicted octanol–water partition coefficient (Wildman–Crippen LogP) is 4.37. The summed E-state index contributed by atoms with van der Waals surface area (Å²) in [4.78, 5) is 13.1. The van der Waals surface area contributed by atoms with Crippen LogP contribution in [0.25, 0.3) is 0 Å². The highest BCUT2D eigenvalue weighted by atomic mass is 35.5. The van der Waals surface area contributed by atoms with Gasteiger partial charge >= 0.3 is 0 Å². The molecule has 0 aromatic heterocycles. The van der Waals surface area contributed by atoms with Gasteiger partial charge in [0.05, 0.1) is 11.5 Å². The summed E-state index contributed by atoms with van der Waals surface area (Å²) in [6, 6.07) is 16.5. The SMILES string of the molecule is CC1=C(C(=O)Nc2ccccc2C)C(c2ccc(Cl)cc2)C(C#N)=C(N)O1. The largest absolute Gasteiger partial charge is 0.445 e. The van der Waals surface area contributed by atoms with E-state index < -0.39 is 5.92 Å². The zero-order chi connectivity index (χ0) is 19.6. The molecular weight excluding hydrogens is 362 g/mol. The van der Waals surface area contributed by atoms with Crippen molar-refractivity contribution in [2.45, 2.75) is 19.8 Å². The summed E-state index contributed by atoms with van der Waals surface area (Å²) in [6.45, 7) is 3.57. The van der Waals surface area contributed by atoms with Crippen LogP contribution in [0, 0.1) is 18.3 Å². The van der Waals surface area contributed by atoms with E-state index in [1.807, 2.05) is 31.2 Å². The number of rotatable bonds is 3. The standard InChI is InChI=1S/C21H18ClN3O2/c1-12-5-3-4-6-17(12)25-21(26)18-13(2)27-20(24)16(11-23)19(18)14-7-9-15(22)10-8-14/h3-10,19H,24H2,1-2H3,(H,25,26). The molecule has 1 atom stereocenters. The van der Waals surface area contributed by atoms with E-state index in [0.29, 0.717) is 22.0 Å². The summed E-state index contributed by atoms with van der Waals surface area (Å²) in [5, 5.41) is 13.1. The maximum absolute atomic E-state index is 13.1. The van der Waals surface area contributed by atoms with Crippen molar-refractivity contribution < 1.29 is 9.53 Å².